The van der Waals surface area contributed by atoms with Crippen molar-refractivity contribution in [1.82, 2.24) is 0 Å². The molecule has 0 aromatic heterocycles. The highest BCUT2D eigenvalue weighted by Gasteiger charge is 2.18. The van der Waals surface area contributed by atoms with Crippen LogP contribution in [0.2, 0.25) is 0 Å². The SMILES string of the molecule is CCCCCCC(=O)OCC(COC(C)=O)OC(C)=O.CCCCCCCC(=O)OCC(COC(C)=O)OC(C)=O. The smallest absolute Gasteiger partial charge is 0.305 e. The van der Waals surface area contributed by atoms with E-state index in [0.29, 0.717) is 12.8 Å². The Hall–Kier alpha value is -3.18. The highest BCUT2D eigenvalue weighted by Crippen LogP contribution is 2.07. The highest BCUT2D eigenvalue weighted by atomic mass is 16.6. The summed E-state index contributed by atoms with van der Waals surface area (Å²) in [6.07, 6.45) is 8.41. The molecule has 0 amide bonds. The molecule has 0 aliphatic carbocycles. The molecule has 0 aliphatic heterocycles. The molecular formula is C29H50O12. The molecule has 0 rings (SSSR count). The number of rotatable bonds is 21. The van der Waals surface area contributed by atoms with Crippen LogP contribution in [0.1, 0.15) is 112 Å². The number of carbonyl (C=O) groups excluding carboxylic acids is 6. The van der Waals surface area contributed by atoms with Crippen LogP contribution in [0.25, 0.3) is 0 Å². The van der Waals surface area contributed by atoms with Gasteiger partial charge in [-0.05, 0) is 12.8 Å². The van der Waals surface area contributed by atoms with Crippen molar-refractivity contribution in [2.24, 2.45) is 0 Å². The van der Waals surface area contributed by atoms with Crippen molar-refractivity contribution in [2.75, 3.05) is 26.4 Å². The van der Waals surface area contributed by atoms with Crippen LogP contribution in [-0.2, 0) is 57.2 Å². The molecule has 0 radical (unpaired) electrons. The fraction of sp³-hybridized carbons (Fsp3) is 0.793. The third-order valence-electron chi connectivity index (χ3n) is 5.19. The molecule has 0 aromatic carbocycles. The average molecular weight is 591 g/mol. The summed E-state index contributed by atoms with van der Waals surface area (Å²) in [6, 6.07) is 0. The van der Waals surface area contributed by atoms with E-state index in [4.69, 9.17) is 28.4 Å². The van der Waals surface area contributed by atoms with Crippen LogP contribution in [0, 0.1) is 0 Å². The van der Waals surface area contributed by atoms with Crippen LogP contribution in [0.4, 0.5) is 0 Å². The Balaban J connectivity index is 0. The number of unbranched alkanes of at least 4 members (excludes halogenated alkanes) is 7. The normalized spacial score (nSPS) is 11.6. The lowest BCUT2D eigenvalue weighted by atomic mass is 10.1. The largest absolute Gasteiger partial charge is 0.462 e. The minimum atomic E-state index is -0.754. The van der Waals surface area contributed by atoms with Gasteiger partial charge in [0.2, 0.25) is 0 Å². The van der Waals surface area contributed by atoms with E-state index in [-0.39, 0.29) is 38.4 Å². The van der Waals surface area contributed by atoms with Crippen LogP contribution in [0.3, 0.4) is 0 Å². The predicted molar refractivity (Wildman–Crippen MR) is 148 cm³/mol. The van der Waals surface area contributed by atoms with Gasteiger partial charge in [0, 0.05) is 40.5 Å². The van der Waals surface area contributed by atoms with Crippen LogP contribution in [-0.4, -0.2) is 74.5 Å². The second-order valence-electron chi connectivity index (χ2n) is 9.41. The van der Waals surface area contributed by atoms with Crippen molar-refractivity contribution < 1.29 is 57.2 Å². The van der Waals surface area contributed by atoms with Crippen molar-refractivity contribution in [3.63, 3.8) is 0 Å². The van der Waals surface area contributed by atoms with Crippen LogP contribution >= 0.6 is 0 Å². The quantitative estimate of drug-likeness (QED) is 0.106. The Morgan fingerprint density at radius 1 is 0.439 bits per heavy atom. The molecule has 2 atom stereocenters. The topological polar surface area (TPSA) is 158 Å². The monoisotopic (exact) mass is 590 g/mol. The Kier molecular flexibility index (Phi) is 26.3. The minimum Gasteiger partial charge on any atom is -0.462 e. The van der Waals surface area contributed by atoms with Crippen LogP contribution in [0.15, 0.2) is 0 Å². The van der Waals surface area contributed by atoms with Crippen LogP contribution in [0.5, 0.6) is 0 Å². The van der Waals surface area contributed by atoms with E-state index in [0.717, 1.165) is 51.4 Å². The van der Waals surface area contributed by atoms with Gasteiger partial charge in [0.05, 0.1) is 0 Å². The third kappa shape index (κ3) is 31.2. The lowest BCUT2D eigenvalue weighted by Gasteiger charge is -2.16. The van der Waals surface area contributed by atoms with Crippen molar-refractivity contribution in [1.29, 1.82) is 0 Å². The summed E-state index contributed by atoms with van der Waals surface area (Å²) >= 11 is 0. The van der Waals surface area contributed by atoms with E-state index in [2.05, 4.69) is 13.8 Å². The molecule has 0 saturated heterocycles. The maximum atomic E-state index is 11.5. The van der Waals surface area contributed by atoms with Gasteiger partial charge in [-0.15, -0.1) is 0 Å². The van der Waals surface area contributed by atoms with E-state index in [9.17, 15) is 28.8 Å². The number of carbonyl (C=O) groups is 6. The van der Waals surface area contributed by atoms with Crippen molar-refractivity contribution in [3.05, 3.63) is 0 Å². The molecule has 12 heteroatoms. The van der Waals surface area contributed by atoms with E-state index in [1.54, 1.807) is 0 Å². The van der Waals surface area contributed by atoms with Gasteiger partial charge in [-0.2, -0.15) is 0 Å². The van der Waals surface area contributed by atoms with E-state index < -0.39 is 36.1 Å². The highest BCUT2D eigenvalue weighted by molar-refractivity contribution is 5.70. The third-order valence-corrected chi connectivity index (χ3v) is 5.19. The van der Waals surface area contributed by atoms with Crippen molar-refractivity contribution in [3.8, 4) is 0 Å². The zero-order chi connectivity index (χ0) is 31.5. The second kappa shape index (κ2) is 27.0. The maximum absolute atomic E-state index is 11.5. The minimum absolute atomic E-state index is 0.0966. The molecule has 0 heterocycles. The predicted octanol–water partition coefficient (Wildman–Crippen LogP) is 4.38. The average Bonchev–Trinajstić information content (AvgIpc) is 2.89. The molecule has 2 unspecified atom stereocenters. The molecule has 0 spiro atoms. The first-order chi connectivity index (χ1) is 19.4. The van der Waals surface area contributed by atoms with Gasteiger partial charge >= 0.3 is 35.8 Å². The Morgan fingerprint density at radius 2 is 0.756 bits per heavy atom. The van der Waals surface area contributed by atoms with E-state index in [1.807, 2.05) is 0 Å². The maximum Gasteiger partial charge on any atom is 0.305 e. The summed E-state index contributed by atoms with van der Waals surface area (Å²) in [7, 11) is 0. The summed E-state index contributed by atoms with van der Waals surface area (Å²) in [5, 5.41) is 0. The molecule has 41 heavy (non-hydrogen) atoms. The molecule has 0 aliphatic rings. The Bertz CT molecular complexity index is 765. The molecule has 0 aromatic rings. The number of ether oxygens (including phenoxy) is 6. The van der Waals surface area contributed by atoms with Gasteiger partial charge < -0.3 is 28.4 Å². The first kappa shape index (κ1) is 40.0. The molecule has 0 saturated carbocycles. The van der Waals surface area contributed by atoms with Crippen molar-refractivity contribution in [2.45, 2.75) is 124 Å². The van der Waals surface area contributed by atoms with Gasteiger partial charge in [-0.3, -0.25) is 28.8 Å². The molecule has 238 valence electrons. The first-order valence-corrected chi connectivity index (χ1v) is 14.3. The molecule has 12 nitrogen and oxygen atoms in total. The van der Waals surface area contributed by atoms with Crippen LogP contribution < -0.4 is 0 Å². The molecule has 0 bridgehead atoms. The standard InChI is InChI=1S/C15H26O6.C14H24O6/c1-4-5-6-7-8-9-15(18)20-11-14(21-13(3)17)10-19-12(2)16;1-4-5-6-7-8-14(17)19-10-13(20-12(3)16)9-18-11(2)15/h14H,4-11H2,1-3H3;13H,4-10H2,1-3H3. The fourth-order valence-electron chi connectivity index (χ4n) is 3.21. The first-order valence-electron chi connectivity index (χ1n) is 14.3. The van der Waals surface area contributed by atoms with E-state index in [1.165, 1.54) is 34.1 Å². The lowest BCUT2D eigenvalue weighted by Crippen LogP contribution is -2.29. The number of esters is 6. The zero-order valence-electron chi connectivity index (χ0n) is 25.7. The summed E-state index contributed by atoms with van der Waals surface area (Å²) in [4.78, 5) is 66.2. The second-order valence-corrected chi connectivity index (χ2v) is 9.41. The summed E-state index contributed by atoms with van der Waals surface area (Å²) in [6.45, 7) is 8.81. The molecule has 0 fully saturated rings. The van der Waals surface area contributed by atoms with Gasteiger partial charge in [-0.1, -0.05) is 58.8 Å². The molecule has 0 N–H and O–H groups in total. The van der Waals surface area contributed by atoms with Gasteiger partial charge in [-0.25, -0.2) is 0 Å². The molecular weight excluding hydrogens is 540 g/mol. The summed E-state index contributed by atoms with van der Waals surface area (Å²) < 4.78 is 29.4. The van der Waals surface area contributed by atoms with E-state index >= 15 is 0 Å². The van der Waals surface area contributed by atoms with Gasteiger partial charge in [0.15, 0.2) is 12.2 Å². The number of hydrogen-bond acceptors (Lipinski definition) is 12. The summed E-state index contributed by atoms with van der Waals surface area (Å²) in [5.74, 6) is -2.64. The lowest BCUT2D eigenvalue weighted by molar-refractivity contribution is -0.164. The van der Waals surface area contributed by atoms with Gasteiger partial charge in [0.25, 0.3) is 0 Å². The van der Waals surface area contributed by atoms with Crippen molar-refractivity contribution >= 4 is 35.8 Å². The zero-order valence-corrected chi connectivity index (χ0v) is 25.7. The number of hydrogen-bond donors (Lipinski definition) is 0. The Morgan fingerprint density at radius 3 is 1.07 bits per heavy atom. The van der Waals surface area contributed by atoms with Gasteiger partial charge in [0.1, 0.15) is 26.4 Å². The summed E-state index contributed by atoms with van der Waals surface area (Å²) in [5.41, 5.74) is 0. The Labute approximate surface area is 244 Å². The fourth-order valence-corrected chi connectivity index (χ4v) is 3.21.